The lowest BCUT2D eigenvalue weighted by molar-refractivity contribution is -0.130. The number of nitrogens with one attached hydrogen (secondary N) is 1. The van der Waals surface area contributed by atoms with Crippen molar-refractivity contribution in [3.05, 3.63) is 76.6 Å². The Morgan fingerprint density at radius 3 is 2.55 bits per heavy atom. The van der Waals surface area contributed by atoms with E-state index in [1.807, 2.05) is 49.7 Å². The van der Waals surface area contributed by atoms with Crippen molar-refractivity contribution in [3.63, 3.8) is 0 Å². The number of carbonyl (C=O) groups excluding carboxylic acids is 1. The molecule has 0 bridgehead atoms. The van der Waals surface area contributed by atoms with Crippen LogP contribution in [0.15, 0.2) is 58.4 Å². The normalized spacial score (nSPS) is 15.3. The van der Waals surface area contributed by atoms with Crippen LogP contribution >= 0.6 is 0 Å². The number of nitrogens with zero attached hydrogens (tertiary/aromatic N) is 4. The SMILES string of the molecule is Cc1ccccc1-n1nc(C)c(CN(C)C(=O)CCN=C2NS(=O)(=O)c3ccccc32)c1C. The zero-order valence-corrected chi connectivity index (χ0v) is 20.0. The number of carbonyl (C=O) groups is 1. The van der Waals surface area contributed by atoms with Gasteiger partial charge in [0, 0.05) is 36.8 Å². The lowest BCUT2D eigenvalue weighted by Gasteiger charge is -2.17. The van der Waals surface area contributed by atoms with E-state index in [9.17, 15) is 13.2 Å². The molecule has 2 aromatic carbocycles. The van der Waals surface area contributed by atoms with Gasteiger partial charge in [0.15, 0.2) is 0 Å². The van der Waals surface area contributed by atoms with Crippen LogP contribution in [0.1, 0.15) is 34.5 Å². The molecule has 0 saturated carbocycles. The molecular formula is C24H27N5O3S. The van der Waals surface area contributed by atoms with E-state index < -0.39 is 10.0 Å². The number of para-hydroxylation sites is 1. The number of rotatable bonds is 6. The minimum atomic E-state index is -3.58. The van der Waals surface area contributed by atoms with Crippen LogP contribution in [0, 0.1) is 20.8 Å². The summed E-state index contributed by atoms with van der Waals surface area (Å²) in [7, 11) is -1.82. The predicted molar refractivity (Wildman–Crippen MR) is 127 cm³/mol. The average molecular weight is 466 g/mol. The number of hydrogen-bond donors (Lipinski definition) is 1. The van der Waals surface area contributed by atoms with Gasteiger partial charge in [-0.25, -0.2) is 13.1 Å². The Hall–Kier alpha value is -3.46. The summed E-state index contributed by atoms with van der Waals surface area (Å²) in [5.41, 5.74) is 5.58. The lowest BCUT2D eigenvalue weighted by Crippen LogP contribution is -2.27. The van der Waals surface area contributed by atoms with E-state index in [4.69, 9.17) is 5.10 Å². The highest BCUT2D eigenvalue weighted by atomic mass is 32.2. The minimum absolute atomic E-state index is 0.0732. The molecular weight excluding hydrogens is 438 g/mol. The van der Waals surface area contributed by atoms with Crippen LogP contribution in [0.25, 0.3) is 5.69 Å². The molecule has 172 valence electrons. The highest BCUT2D eigenvalue weighted by Crippen LogP contribution is 2.23. The van der Waals surface area contributed by atoms with Crippen LogP contribution in [0.5, 0.6) is 0 Å². The van der Waals surface area contributed by atoms with Crippen molar-refractivity contribution in [1.82, 2.24) is 19.4 Å². The maximum atomic E-state index is 12.7. The molecule has 1 amide bonds. The summed E-state index contributed by atoms with van der Waals surface area (Å²) in [5.74, 6) is 0.211. The molecule has 1 N–H and O–H groups in total. The molecule has 1 aromatic heterocycles. The van der Waals surface area contributed by atoms with E-state index in [2.05, 4.69) is 9.71 Å². The Balaban J connectivity index is 1.43. The Bertz CT molecular complexity index is 1360. The molecule has 0 unspecified atom stereocenters. The molecule has 0 spiro atoms. The van der Waals surface area contributed by atoms with Gasteiger partial charge in [0.1, 0.15) is 5.84 Å². The van der Waals surface area contributed by atoms with Gasteiger partial charge < -0.3 is 4.90 Å². The second-order valence-corrected chi connectivity index (χ2v) is 9.83. The van der Waals surface area contributed by atoms with Crippen LogP contribution in [-0.4, -0.2) is 48.4 Å². The molecule has 8 nitrogen and oxygen atoms in total. The van der Waals surface area contributed by atoms with Crippen molar-refractivity contribution in [3.8, 4) is 5.69 Å². The first-order chi connectivity index (χ1) is 15.7. The molecule has 0 aliphatic carbocycles. The zero-order chi connectivity index (χ0) is 23.8. The molecule has 0 saturated heterocycles. The fourth-order valence-corrected chi connectivity index (χ4v) is 5.22. The minimum Gasteiger partial charge on any atom is -0.341 e. The van der Waals surface area contributed by atoms with Gasteiger partial charge in [-0.05, 0) is 44.5 Å². The monoisotopic (exact) mass is 465 g/mol. The molecule has 0 fully saturated rings. The molecule has 3 aromatic rings. The van der Waals surface area contributed by atoms with Crippen molar-refractivity contribution < 1.29 is 13.2 Å². The first kappa shape index (κ1) is 22.7. The van der Waals surface area contributed by atoms with Crippen molar-refractivity contribution >= 4 is 21.8 Å². The highest BCUT2D eigenvalue weighted by Gasteiger charge is 2.30. The number of benzene rings is 2. The summed E-state index contributed by atoms with van der Waals surface area (Å²) >= 11 is 0. The summed E-state index contributed by atoms with van der Waals surface area (Å²) in [5, 5.41) is 4.69. The van der Waals surface area contributed by atoms with Crippen molar-refractivity contribution in [2.24, 2.45) is 4.99 Å². The largest absolute Gasteiger partial charge is 0.341 e. The molecule has 9 heteroatoms. The van der Waals surface area contributed by atoms with E-state index in [1.54, 1.807) is 36.2 Å². The Morgan fingerprint density at radius 2 is 1.79 bits per heavy atom. The molecule has 1 aliphatic rings. The standard InChI is InChI=1S/C24H27N5O3S/c1-16-9-5-7-11-21(16)29-18(3)20(17(2)26-29)15-28(4)23(30)13-14-25-24-19-10-6-8-12-22(19)33(31,32)27-24/h5-12H,13-15H2,1-4H3,(H,25,27). The van der Waals surface area contributed by atoms with Gasteiger partial charge in [0.25, 0.3) is 10.0 Å². The average Bonchev–Trinajstić information content (AvgIpc) is 3.21. The second-order valence-electron chi connectivity index (χ2n) is 8.18. The third-order valence-corrected chi connectivity index (χ3v) is 7.26. The van der Waals surface area contributed by atoms with Gasteiger partial charge in [-0.3, -0.25) is 14.5 Å². The third kappa shape index (κ3) is 4.41. The topological polar surface area (TPSA) is 96.7 Å². The smallest absolute Gasteiger partial charge is 0.263 e. The zero-order valence-electron chi connectivity index (χ0n) is 19.2. The molecule has 0 atom stereocenters. The number of aryl methyl sites for hydroxylation is 2. The number of hydrogen-bond acceptors (Lipinski definition) is 5. The third-order valence-electron chi connectivity index (χ3n) is 5.86. The number of aromatic nitrogens is 2. The van der Waals surface area contributed by atoms with Gasteiger partial charge in [0.05, 0.1) is 22.8 Å². The van der Waals surface area contributed by atoms with Gasteiger partial charge in [-0.2, -0.15) is 5.10 Å². The van der Waals surface area contributed by atoms with Crippen LogP contribution in [0.4, 0.5) is 0 Å². The molecule has 33 heavy (non-hydrogen) atoms. The number of aliphatic imine (C=N–C) groups is 1. The van der Waals surface area contributed by atoms with E-state index in [1.165, 1.54) is 0 Å². The van der Waals surface area contributed by atoms with Crippen molar-refractivity contribution in [1.29, 1.82) is 0 Å². The quantitative estimate of drug-likeness (QED) is 0.605. The summed E-state index contributed by atoms with van der Waals surface area (Å²) in [6.07, 6.45) is 0.175. The number of amidine groups is 1. The van der Waals surface area contributed by atoms with E-state index in [0.29, 0.717) is 12.1 Å². The van der Waals surface area contributed by atoms with Gasteiger partial charge in [-0.15, -0.1) is 0 Å². The first-order valence-electron chi connectivity index (χ1n) is 10.7. The van der Waals surface area contributed by atoms with Gasteiger partial charge >= 0.3 is 0 Å². The molecule has 0 radical (unpaired) electrons. The van der Waals surface area contributed by atoms with Crippen LogP contribution < -0.4 is 4.72 Å². The van der Waals surface area contributed by atoms with Crippen molar-refractivity contribution in [2.75, 3.05) is 13.6 Å². The summed E-state index contributed by atoms with van der Waals surface area (Å²) < 4.78 is 28.8. The Morgan fingerprint density at radius 1 is 1.09 bits per heavy atom. The maximum Gasteiger partial charge on any atom is 0.263 e. The summed E-state index contributed by atoms with van der Waals surface area (Å²) in [4.78, 5) is 18.9. The van der Waals surface area contributed by atoms with E-state index >= 15 is 0 Å². The lowest BCUT2D eigenvalue weighted by atomic mass is 10.1. The van der Waals surface area contributed by atoms with Gasteiger partial charge in [-0.1, -0.05) is 30.3 Å². The van der Waals surface area contributed by atoms with Crippen LogP contribution in [0.2, 0.25) is 0 Å². The maximum absolute atomic E-state index is 12.7. The fraction of sp³-hybridized carbons (Fsp3) is 0.292. The number of sulfonamides is 1. The van der Waals surface area contributed by atoms with Crippen molar-refractivity contribution in [2.45, 2.75) is 38.6 Å². The van der Waals surface area contributed by atoms with Crippen LogP contribution in [-0.2, 0) is 21.4 Å². The Labute approximate surface area is 194 Å². The Kier molecular flexibility index (Phi) is 6.07. The van der Waals surface area contributed by atoms with E-state index in [-0.39, 0.29) is 29.6 Å². The van der Waals surface area contributed by atoms with Gasteiger partial charge in [0.2, 0.25) is 5.91 Å². The predicted octanol–water partition coefficient (Wildman–Crippen LogP) is 2.88. The number of amides is 1. The molecule has 4 rings (SSSR count). The highest BCUT2D eigenvalue weighted by molar-refractivity contribution is 7.90. The second kappa shape index (κ2) is 8.82. The summed E-state index contributed by atoms with van der Waals surface area (Å²) in [6.45, 7) is 6.64. The number of fused-ring (bicyclic) bond motifs is 1. The molecule has 2 heterocycles. The van der Waals surface area contributed by atoms with E-state index in [0.717, 1.165) is 28.2 Å². The molecule has 1 aliphatic heterocycles. The first-order valence-corrected chi connectivity index (χ1v) is 12.2. The summed E-state index contributed by atoms with van der Waals surface area (Å²) in [6, 6.07) is 14.7. The van der Waals surface area contributed by atoms with Crippen LogP contribution in [0.3, 0.4) is 0 Å². The fourth-order valence-electron chi connectivity index (χ4n) is 3.97.